The minimum absolute atomic E-state index is 0.102. The van der Waals surface area contributed by atoms with E-state index in [-0.39, 0.29) is 18.1 Å². The van der Waals surface area contributed by atoms with Crippen LogP contribution in [-0.2, 0) is 11.2 Å². The number of amides is 1. The summed E-state index contributed by atoms with van der Waals surface area (Å²) < 4.78 is 13.2. The maximum absolute atomic E-state index is 12.2. The fourth-order valence-electron chi connectivity index (χ4n) is 3.02. The lowest BCUT2D eigenvalue weighted by Crippen LogP contribution is -2.25. The van der Waals surface area contributed by atoms with E-state index in [9.17, 15) is 4.79 Å². The zero-order valence-electron chi connectivity index (χ0n) is 15.0. The molecule has 1 N–H and O–H groups in total. The van der Waals surface area contributed by atoms with Crippen molar-refractivity contribution >= 4 is 11.6 Å². The Kier molecular flexibility index (Phi) is 4.23. The number of nitrogens with one attached hydrogen (secondary N) is 1. The maximum atomic E-state index is 12.2. The van der Waals surface area contributed by atoms with Gasteiger partial charge in [0.15, 0.2) is 18.1 Å². The summed E-state index contributed by atoms with van der Waals surface area (Å²) in [6.07, 6.45) is 2.32. The van der Waals surface area contributed by atoms with Gasteiger partial charge in [0.25, 0.3) is 5.91 Å². The van der Waals surface area contributed by atoms with Crippen molar-refractivity contribution in [3.63, 3.8) is 0 Å². The normalized spacial score (nSPS) is 14.3. The third kappa shape index (κ3) is 3.74. The quantitative estimate of drug-likeness (QED) is 0.746. The molecule has 0 atom stereocenters. The van der Waals surface area contributed by atoms with E-state index in [4.69, 9.17) is 9.47 Å². The van der Waals surface area contributed by atoms with Crippen LogP contribution in [0.15, 0.2) is 48.8 Å². The minimum atomic E-state index is -0.259. The molecular weight excluding hydrogens is 346 g/mol. The fourth-order valence-corrected chi connectivity index (χ4v) is 3.02. The first-order chi connectivity index (χ1) is 13.0. The zero-order chi connectivity index (χ0) is 18.9. The molecule has 0 saturated heterocycles. The number of ether oxygens (including phenoxy) is 2. The van der Waals surface area contributed by atoms with Gasteiger partial charge in [0.05, 0.1) is 5.69 Å². The summed E-state index contributed by atoms with van der Waals surface area (Å²) in [7, 11) is 0. The van der Waals surface area contributed by atoms with Crippen molar-refractivity contribution in [2.75, 3.05) is 11.9 Å². The number of benzene rings is 2. The highest BCUT2D eigenvalue weighted by Crippen LogP contribution is 2.41. The van der Waals surface area contributed by atoms with Crippen molar-refractivity contribution in [1.82, 2.24) is 20.2 Å². The number of aromatic nitrogens is 4. The highest BCUT2D eigenvalue weighted by molar-refractivity contribution is 5.92. The summed E-state index contributed by atoms with van der Waals surface area (Å²) in [5.74, 6) is 1.06. The van der Waals surface area contributed by atoms with Crippen LogP contribution in [0.25, 0.3) is 5.69 Å². The Balaban J connectivity index is 1.36. The molecule has 1 aliphatic rings. The summed E-state index contributed by atoms with van der Waals surface area (Å²) in [4.78, 5) is 12.2. The smallest absolute Gasteiger partial charge is 0.262 e. The van der Waals surface area contributed by atoms with Crippen LogP contribution in [0.4, 0.5) is 5.69 Å². The topological polar surface area (TPSA) is 91.2 Å². The zero-order valence-corrected chi connectivity index (χ0v) is 15.0. The van der Waals surface area contributed by atoms with Gasteiger partial charge in [-0.15, -0.1) is 5.10 Å². The van der Waals surface area contributed by atoms with E-state index in [2.05, 4.69) is 20.8 Å². The Hall–Kier alpha value is -3.42. The third-order valence-electron chi connectivity index (χ3n) is 4.18. The first-order valence-corrected chi connectivity index (χ1v) is 8.57. The number of anilines is 1. The van der Waals surface area contributed by atoms with Gasteiger partial charge in [-0.25, -0.2) is 4.68 Å². The van der Waals surface area contributed by atoms with Crippen LogP contribution >= 0.6 is 0 Å². The van der Waals surface area contributed by atoms with Gasteiger partial charge in [-0.3, -0.25) is 4.79 Å². The van der Waals surface area contributed by atoms with Gasteiger partial charge in [0.1, 0.15) is 11.9 Å². The van der Waals surface area contributed by atoms with Crippen LogP contribution in [-0.4, -0.2) is 38.3 Å². The van der Waals surface area contributed by atoms with Crippen LogP contribution < -0.4 is 14.8 Å². The molecule has 0 unspecified atom stereocenters. The number of rotatable bonds is 5. The first-order valence-electron chi connectivity index (χ1n) is 8.57. The van der Waals surface area contributed by atoms with Gasteiger partial charge in [-0.05, 0) is 54.6 Å². The van der Waals surface area contributed by atoms with Crippen LogP contribution in [0.5, 0.6) is 11.5 Å². The molecule has 0 saturated carbocycles. The molecule has 0 aliphatic carbocycles. The number of tetrazole rings is 1. The monoisotopic (exact) mass is 365 g/mol. The molecule has 138 valence electrons. The molecule has 0 radical (unpaired) electrons. The number of fused-ring (bicyclic) bond motifs is 1. The molecule has 0 bridgehead atoms. The number of carbonyl (C=O) groups is 1. The van der Waals surface area contributed by atoms with E-state index in [0.29, 0.717) is 11.4 Å². The predicted octanol–water partition coefficient (Wildman–Crippen LogP) is 2.39. The molecule has 8 heteroatoms. The summed E-state index contributed by atoms with van der Waals surface area (Å²) in [5.41, 5.74) is 2.30. The average Bonchev–Trinajstić information content (AvgIpc) is 3.27. The Morgan fingerprint density at radius 1 is 1.26 bits per heavy atom. The summed E-state index contributed by atoms with van der Waals surface area (Å²) >= 11 is 0. The van der Waals surface area contributed by atoms with Crippen molar-refractivity contribution in [2.45, 2.75) is 25.9 Å². The largest absolute Gasteiger partial charge is 0.483 e. The molecule has 8 nitrogen and oxygen atoms in total. The lowest BCUT2D eigenvalue weighted by molar-refractivity contribution is -0.118. The van der Waals surface area contributed by atoms with Crippen LogP contribution in [0.1, 0.15) is 19.4 Å². The first kappa shape index (κ1) is 17.0. The van der Waals surface area contributed by atoms with E-state index in [0.717, 1.165) is 23.4 Å². The summed E-state index contributed by atoms with van der Waals surface area (Å²) in [6, 6.07) is 12.9. The molecule has 4 rings (SSSR count). The van der Waals surface area contributed by atoms with Gasteiger partial charge in [0.2, 0.25) is 0 Å². The fraction of sp³-hybridized carbons (Fsp3) is 0.263. The molecular formula is C19H19N5O3. The predicted molar refractivity (Wildman–Crippen MR) is 98.1 cm³/mol. The van der Waals surface area contributed by atoms with Gasteiger partial charge in [-0.2, -0.15) is 0 Å². The molecule has 1 aliphatic heterocycles. The van der Waals surface area contributed by atoms with Gasteiger partial charge in [-0.1, -0.05) is 12.1 Å². The Morgan fingerprint density at radius 3 is 2.81 bits per heavy atom. The van der Waals surface area contributed by atoms with Gasteiger partial charge >= 0.3 is 0 Å². The maximum Gasteiger partial charge on any atom is 0.262 e. The van der Waals surface area contributed by atoms with Crippen molar-refractivity contribution in [2.24, 2.45) is 0 Å². The number of nitrogens with zero attached hydrogens (tertiary/aromatic N) is 4. The van der Waals surface area contributed by atoms with Crippen LogP contribution in [0, 0.1) is 0 Å². The second-order valence-electron chi connectivity index (χ2n) is 6.92. The van der Waals surface area contributed by atoms with Crippen LogP contribution in [0.3, 0.4) is 0 Å². The highest BCUT2D eigenvalue weighted by atomic mass is 16.5. The summed E-state index contributed by atoms with van der Waals surface area (Å²) in [5, 5.41) is 13.8. The molecule has 3 aromatic rings. The Labute approximate surface area is 156 Å². The third-order valence-corrected chi connectivity index (χ3v) is 4.18. The molecule has 2 aromatic carbocycles. The molecule has 2 heterocycles. The molecule has 0 spiro atoms. The Morgan fingerprint density at radius 2 is 2.07 bits per heavy atom. The van der Waals surface area contributed by atoms with E-state index in [1.165, 1.54) is 11.0 Å². The lowest BCUT2D eigenvalue weighted by Gasteiger charge is -2.18. The summed E-state index contributed by atoms with van der Waals surface area (Å²) in [6.45, 7) is 3.96. The number of hydrogen-bond acceptors (Lipinski definition) is 6. The highest BCUT2D eigenvalue weighted by Gasteiger charge is 2.32. The van der Waals surface area contributed by atoms with Crippen molar-refractivity contribution in [3.05, 3.63) is 54.4 Å². The Bertz CT molecular complexity index is 952. The van der Waals surface area contributed by atoms with E-state index < -0.39 is 0 Å². The van der Waals surface area contributed by atoms with Crippen molar-refractivity contribution in [3.8, 4) is 17.2 Å². The SMILES string of the molecule is CC1(C)Cc2cccc(OCC(=O)Nc3ccc(-n4cnnn4)cc3)c2O1. The van der Waals surface area contributed by atoms with E-state index in [1.54, 1.807) is 12.1 Å². The second kappa shape index (κ2) is 6.71. The van der Waals surface area contributed by atoms with Crippen molar-refractivity contribution in [1.29, 1.82) is 0 Å². The van der Waals surface area contributed by atoms with E-state index in [1.807, 2.05) is 44.2 Å². The van der Waals surface area contributed by atoms with Gasteiger partial charge in [0, 0.05) is 17.7 Å². The molecule has 0 fully saturated rings. The standard InChI is InChI=1S/C19H19N5O3/c1-19(2)10-13-4-3-5-16(18(13)27-19)26-11-17(25)21-14-6-8-15(9-7-14)24-12-20-22-23-24/h3-9,12H,10-11H2,1-2H3,(H,21,25). The molecule has 1 aromatic heterocycles. The molecule has 27 heavy (non-hydrogen) atoms. The van der Waals surface area contributed by atoms with E-state index >= 15 is 0 Å². The minimum Gasteiger partial charge on any atom is -0.483 e. The lowest BCUT2D eigenvalue weighted by atomic mass is 10.0. The average molecular weight is 365 g/mol. The van der Waals surface area contributed by atoms with Gasteiger partial charge < -0.3 is 14.8 Å². The number of hydrogen-bond donors (Lipinski definition) is 1. The molecule has 1 amide bonds. The van der Waals surface area contributed by atoms with Crippen molar-refractivity contribution < 1.29 is 14.3 Å². The number of para-hydroxylation sites is 1. The second-order valence-corrected chi connectivity index (χ2v) is 6.92. The van der Waals surface area contributed by atoms with Crippen LogP contribution in [0.2, 0.25) is 0 Å². The number of carbonyl (C=O) groups excluding carboxylic acids is 1.